The SMILES string of the molecule is CCN(C(C)CC(=O)O)S(=O)(=O)c1cccc(Cl)c1C. The second-order valence-electron chi connectivity index (χ2n) is 4.52. The predicted octanol–water partition coefficient (Wildman–Crippen LogP) is 2.52. The van der Waals surface area contributed by atoms with Crippen LogP contribution in [0.3, 0.4) is 0 Å². The Labute approximate surface area is 124 Å². The van der Waals surface area contributed by atoms with Crippen molar-refractivity contribution in [1.82, 2.24) is 4.31 Å². The van der Waals surface area contributed by atoms with E-state index in [1.165, 1.54) is 10.4 Å². The molecule has 0 saturated heterocycles. The van der Waals surface area contributed by atoms with Crippen molar-refractivity contribution in [2.45, 2.75) is 38.1 Å². The van der Waals surface area contributed by atoms with Crippen molar-refractivity contribution in [2.24, 2.45) is 0 Å². The highest BCUT2D eigenvalue weighted by Gasteiger charge is 2.30. The Hall–Kier alpha value is -1.11. The number of carboxylic acid groups (broad SMARTS) is 1. The Morgan fingerprint density at radius 3 is 2.55 bits per heavy atom. The summed E-state index contributed by atoms with van der Waals surface area (Å²) in [5.41, 5.74) is 0.468. The lowest BCUT2D eigenvalue weighted by atomic mass is 10.2. The summed E-state index contributed by atoms with van der Waals surface area (Å²) in [7, 11) is -3.76. The van der Waals surface area contributed by atoms with E-state index in [-0.39, 0.29) is 17.9 Å². The van der Waals surface area contributed by atoms with Crippen LogP contribution in [0, 0.1) is 6.92 Å². The minimum absolute atomic E-state index is 0.115. The van der Waals surface area contributed by atoms with Crippen LogP contribution in [-0.2, 0) is 14.8 Å². The lowest BCUT2D eigenvalue weighted by Gasteiger charge is -2.27. The first kappa shape index (κ1) is 16.9. The lowest BCUT2D eigenvalue weighted by molar-refractivity contribution is -0.137. The van der Waals surface area contributed by atoms with Gasteiger partial charge in [0.25, 0.3) is 0 Å². The van der Waals surface area contributed by atoms with Crippen molar-refractivity contribution in [3.63, 3.8) is 0 Å². The fourth-order valence-corrected chi connectivity index (χ4v) is 4.19. The van der Waals surface area contributed by atoms with Gasteiger partial charge in [0, 0.05) is 17.6 Å². The van der Waals surface area contributed by atoms with Gasteiger partial charge in [0.1, 0.15) is 0 Å². The monoisotopic (exact) mass is 319 g/mol. The summed E-state index contributed by atoms with van der Waals surface area (Å²) in [5.74, 6) is -1.03. The van der Waals surface area contributed by atoms with E-state index in [0.717, 1.165) is 0 Å². The Morgan fingerprint density at radius 1 is 1.45 bits per heavy atom. The summed E-state index contributed by atoms with van der Waals surface area (Å²) in [6, 6.07) is 4.04. The average Bonchev–Trinajstić information content (AvgIpc) is 2.31. The summed E-state index contributed by atoms with van der Waals surface area (Å²) in [4.78, 5) is 10.9. The van der Waals surface area contributed by atoms with Crippen molar-refractivity contribution < 1.29 is 18.3 Å². The number of carbonyl (C=O) groups is 1. The van der Waals surface area contributed by atoms with Gasteiger partial charge in [0.15, 0.2) is 0 Å². The number of halogens is 1. The summed E-state index contributed by atoms with van der Waals surface area (Å²) in [6.45, 7) is 5.08. The van der Waals surface area contributed by atoms with Crippen molar-refractivity contribution in [3.05, 3.63) is 28.8 Å². The van der Waals surface area contributed by atoms with Gasteiger partial charge in [-0.25, -0.2) is 8.42 Å². The molecular formula is C13H18ClNO4S. The first-order chi connectivity index (χ1) is 9.21. The van der Waals surface area contributed by atoms with Crippen LogP contribution in [0.2, 0.25) is 5.02 Å². The Bertz CT molecular complexity index is 600. The molecule has 5 nitrogen and oxygen atoms in total. The zero-order valence-corrected chi connectivity index (χ0v) is 13.2. The van der Waals surface area contributed by atoms with E-state index in [1.807, 2.05) is 0 Å². The Morgan fingerprint density at radius 2 is 2.05 bits per heavy atom. The third-order valence-electron chi connectivity index (χ3n) is 3.08. The third kappa shape index (κ3) is 3.50. The van der Waals surface area contributed by atoms with Crippen molar-refractivity contribution in [2.75, 3.05) is 6.54 Å². The van der Waals surface area contributed by atoms with E-state index < -0.39 is 22.0 Å². The van der Waals surface area contributed by atoms with E-state index in [2.05, 4.69) is 0 Å². The molecule has 1 aromatic rings. The smallest absolute Gasteiger partial charge is 0.304 e. The van der Waals surface area contributed by atoms with Gasteiger partial charge in [-0.05, 0) is 31.5 Å². The van der Waals surface area contributed by atoms with E-state index in [1.54, 1.807) is 32.9 Å². The molecule has 1 atom stereocenters. The van der Waals surface area contributed by atoms with Gasteiger partial charge in [-0.15, -0.1) is 0 Å². The molecule has 1 unspecified atom stereocenters. The molecule has 0 fully saturated rings. The van der Waals surface area contributed by atoms with Crippen LogP contribution in [-0.4, -0.2) is 36.4 Å². The van der Waals surface area contributed by atoms with Crippen LogP contribution in [0.5, 0.6) is 0 Å². The zero-order valence-electron chi connectivity index (χ0n) is 11.6. The number of hydrogen-bond acceptors (Lipinski definition) is 3. The minimum atomic E-state index is -3.76. The maximum atomic E-state index is 12.6. The van der Waals surface area contributed by atoms with Gasteiger partial charge in [-0.1, -0.05) is 24.6 Å². The van der Waals surface area contributed by atoms with Gasteiger partial charge in [-0.3, -0.25) is 4.79 Å². The van der Waals surface area contributed by atoms with Gasteiger partial charge in [0.05, 0.1) is 11.3 Å². The van der Waals surface area contributed by atoms with E-state index in [9.17, 15) is 13.2 Å². The standard InChI is InChI=1S/C13H18ClNO4S/c1-4-15(9(2)8-13(16)17)20(18,19)12-7-5-6-11(14)10(12)3/h5-7,9H,4,8H2,1-3H3,(H,16,17). The lowest BCUT2D eigenvalue weighted by Crippen LogP contribution is -2.39. The van der Waals surface area contributed by atoms with Crippen LogP contribution in [0.1, 0.15) is 25.8 Å². The second-order valence-corrected chi connectivity index (χ2v) is 6.78. The number of rotatable bonds is 6. The summed E-state index contributed by atoms with van der Waals surface area (Å²) < 4.78 is 26.4. The molecule has 0 amide bonds. The second kappa shape index (κ2) is 6.56. The summed E-state index contributed by atoms with van der Waals surface area (Å²) in [6.07, 6.45) is -0.243. The molecule has 7 heteroatoms. The fourth-order valence-electron chi connectivity index (χ4n) is 2.07. The number of benzene rings is 1. The number of hydrogen-bond donors (Lipinski definition) is 1. The Kier molecular flexibility index (Phi) is 5.56. The molecule has 0 saturated carbocycles. The van der Waals surface area contributed by atoms with Crippen LogP contribution >= 0.6 is 11.6 Å². The molecule has 1 N–H and O–H groups in total. The number of nitrogens with zero attached hydrogens (tertiary/aromatic N) is 1. The summed E-state index contributed by atoms with van der Waals surface area (Å²) >= 11 is 5.95. The molecule has 0 bridgehead atoms. The van der Waals surface area contributed by atoms with Crippen LogP contribution in [0.15, 0.2) is 23.1 Å². The predicted molar refractivity (Wildman–Crippen MR) is 77.5 cm³/mol. The maximum absolute atomic E-state index is 12.6. The molecule has 0 heterocycles. The minimum Gasteiger partial charge on any atom is -0.481 e. The Balaban J connectivity index is 3.25. The van der Waals surface area contributed by atoms with E-state index >= 15 is 0 Å². The largest absolute Gasteiger partial charge is 0.481 e. The van der Waals surface area contributed by atoms with Crippen molar-refractivity contribution in [1.29, 1.82) is 0 Å². The first-order valence-electron chi connectivity index (χ1n) is 6.20. The third-order valence-corrected chi connectivity index (χ3v) is 5.72. The number of carboxylic acids is 1. The van der Waals surface area contributed by atoms with Crippen molar-refractivity contribution in [3.8, 4) is 0 Å². The van der Waals surface area contributed by atoms with Crippen LogP contribution < -0.4 is 0 Å². The molecule has 20 heavy (non-hydrogen) atoms. The molecule has 0 aliphatic carbocycles. The quantitative estimate of drug-likeness (QED) is 0.874. The van der Waals surface area contributed by atoms with E-state index in [4.69, 9.17) is 16.7 Å². The van der Waals surface area contributed by atoms with Gasteiger partial charge in [0.2, 0.25) is 10.0 Å². The molecule has 1 aromatic carbocycles. The van der Waals surface area contributed by atoms with E-state index in [0.29, 0.717) is 10.6 Å². The number of aliphatic carboxylic acids is 1. The fraction of sp³-hybridized carbons (Fsp3) is 0.462. The average molecular weight is 320 g/mol. The van der Waals surface area contributed by atoms with Gasteiger partial charge in [-0.2, -0.15) is 4.31 Å². The van der Waals surface area contributed by atoms with Crippen LogP contribution in [0.25, 0.3) is 0 Å². The topological polar surface area (TPSA) is 74.7 Å². The molecular weight excluding hydrogens is 302 g/mol. The molecule has 0 spiro atoms. The molecule has 0 aliphatic rings. The highest BCUT2D eigenvalue weighted by molar-refractivity contribution is 7.89. The maximum Gasteiger partial charge on any atom is 0.304 e. The normalized spacial score (nSPS) is 13.4. The summed E-state index contributed by atoms with van der Waals surface area (Å²) in [5, 5.41) is 9.19. The highest BCUT2D eigenvalue weighted by Crippen LogP contribution is 2.27. The molecule has 1 rings (SSSR count). The highest BCUT2D eigenvalue weighted by atomic mass is 35.5. The van der Waals surface area contributed by atoms with Gasteiger partial charge >= 0.3 is 5.97 Å². The zero-order chi connectivity index (χ0) is 15.5. The van der Waals surface area contributed by atoms with Gasteiger partial charge < -0.3 is 5.11 Å². The van der Waals surface area contributed by atoms with Crippen LogP contribution in [0.4, 0.5) is 0 Å². The molecule has 112 valence electrons. The molecule has 0 aliphatic heterocycles. The van der Waals surface area contributed by atoms with Crippen molar-refractivity contribution >= 4 is 27.6 Å². The first-order valence-corrected chi connectivity index (χ1v) is 8.02. The molecule has 0 radical (unpaired) electrons. The number of sulfonamides is 1. The molecule has 0 aromatic heterocycles.